The van der Waals surface area contributed by atoms with Crippen LogP contribution in [0.15, 0.2) is 24.3 Å². The average molecular weight is 324 g/mol. The van der Waals surface area contributed by atoms with Crippen LogP contribution in [-0.4, -0.2) is 42.0 Å². The Kier molecular flexibility index (Phi) is 5.66. The summed E-state index contributed by atoms with van der Waals surface area (Å²) in [4.78, 5) is 25.4. The monoisotopic (exact) mass is 323 g/mol. The molecule has 0 aromatic heterocycles. The lowest BCUT2D eigenvalue weighted by atomic mass is 10.1. The first-order chi connectivity index (χ1) is 10.5. The fraction of sp³-hybridized carbons (Fsp3) is 0.500. The van der Waals surface area contributed by atoms with Crippen molar-refractivity contribution in [1.29, 1.82) is 0 Å². The Balaban J connectivity index is 1.71. The number of benzene rings is 1. The van der Waals surface area contributed by atoms with Crippen molar-refractivity contribution < 1.29 is 9.59 Å². The van der Waals surface area contributed by atoms with Crippen LogP contribution >= 0.6 is 11.6 Å². The molecule has 2 N–H and O–H groups in total. The van der Waals surface area contributed by atoms with E-state index in [1.54, 1.807) is 4.90 Å². The maximum atomic E-state index is 11.9. The zero-order valence-corrected chi connectivity index (χ0v) is 13.7. The summed E-state index contributed by atoms with van der Waals surface area (Å²) < 4.78 is 0. The highest BCUT2D eigenvalue weighted by Gasteiger charge is 2.31. The molecule has 3 amide bonds. The van der Waals surface area contributed by atoms with Gasteiger partial charge >= 0.3 is 6.03 Å². The Hall–Kier alpha value is -1.75. The van der Waals surface area contributed by atoms with E-state index in [1.807, 2.05) is 38.1 Å². The van der Waals surface area contributed by atoms with E-state index >= 15 is 0 Å². The van der Waals surface area contributed by atoms with Gasteiger partial charge in [0, 0.05) is 30.6 Å². The van der Waals surface area contributed by atoms with E-state index in [2.05, 4.69) is 10.6 Å². The van der Waals surface area contributed by atoms with Crippen molar-refractivity contribution in [3.63, 3.8) is 0 Å². The maximum absolute atomic E-state index is 11.9. The summed E-state index contributed by atoms with van der Waals surface area (Å²) in [6.07, 6.45) is 1.09. The number of halogens is 1. The number of amides is 3. The summed E-state index contributed by atoms with van der Waals surface area (Å²) >= 11 is 5.92. The molecule has 120 valence electrons. The van der Waals surface area contributed by atoms with Crippen molar-refractivity contribution in [3.05, 3.63) is 34.9 Å². The maximum Gasteiger partial charge on any atom is 0.315 e. The number of nitrogens with zero attached hydrogens (tertiary/aromatic N) is 1. The lowest BCUT2D eigenvalue weighted by molar-refractivity contribution is -0.129. The van der Waals surface area contributed by atoms with Gasteiger partial charge in [0.25, 0.3) is 0 Å². The Morgan fingerprint density at radius 1 is 1.45 bits per heavy atom. The van der Waals surface area contributed by atoms with Crippen molar-refractivity contribution in [2.75, 3.05) is 13.1 Å². The van der Waals surface area contributed by atoms with Gasteiger partial charge in [0.05, 0.1) is 6.04 Å². The zero-order valence-electron chi connectivity index (χ0n) is 12.9. The van der Waals surface area contributed by atoms with Gasteiger partial charge in [-0.2, -0.15) is 0 Å². The Labute approximate surface area is 136 Å². The van der Waals surface area contributed by atoms with E-state index in [4.69, 9.17) is 11.6 Å². The second-order valence-corrected chi connectivity index (χ2v) is 6.26. The molecule has 1 fully saturated rings. The number of nitrogens with one attached hydrogen (secondary N) is 2. The van der Waals surface area contributed by atoms with Gasteiger partial charge in [-0.3, -0.25) is 4.79 Å². The first-order valence-electron chi connectivity index (χ1n) is 7.54. The average Bonchev–Trinajstić information content (AvgIpc) is 2.79. The van der Waals surface area contributed by atoms with Crippen molar-refractivity contribution >= 4 is 23.5 Å². The Morgan fingerprint density at radius 3 is 2.86 bits per heavy atom. The third-order valence-electron chi connectivity index (χ3n) is 3.71. The lowest BCUT2D eigenvalue weighted by Gasteiger charge is -2.21. The van der Waals surface area contributed by atoms with Crippen LogP contribution in [0.1, 0.15) is 25.8 Å². The van der Waals surface area contributed by atoms with Crippen LogP contribution in [0.2, 0.25) is 5.02 Å². The molecule has 0 bridgehead atoms. The predicted octanol–water partition coefficient (Wildman–Crippen LogP) is 2.19. The smallest absolute Gasteiger partial charge is 0.315 e. The number of carbonyl (C=O) groups excluding carboxylic acids is 2. The largest absolute Gasteiger partial charge is 0.338 e. The first kappa shape index (κ1) is 16.6. The minimum atomic E-state index is -0.231. The molecule has 1 aliphatic rings. The number of hydrogen-bond donors (Lipinski definition) is 2. The SMILES string of the molecule is CC(C)N1CC(NC(=O)NCCc2cccc(Cl)c2)CC1=O. The van der Waals surface area contributed by atoms with Crippen molar-refractivity contribution in [2.45, 2.75) is 38.8 Å². The van der Waals surface area contributed by atoms with Gasteiger partial charge in [0.2, 0.25) is 5.91 Å². The van der Waals surface area contributed by atoms with Gasteiger partial charge in [0.1, 0.15) is 0 Å². The molecule has 1 heterocycles. The Bertz CT molecular complexity index is 548. The second kappa shape index (κ2) is 7.49. The van der Waals surface area contributed by atoms with E-state index < -0.39 is 0 Å². The van der Waals surface area contributed by atoms with Crippen LogP contribution in [0.5, 0.6) is 0 Å². The second-order valence-electron chi connectivity index (χ2n) is 5.82. The minimum Gasteiger partial charge on any atom is -0.338 e. The summed E-state index contributed by atoms with van der Waals surface area (Å²) in [5.74, 6) is 0.0965. The highest BCUT2D eigenvalue weighted by molar-refractivity contribution is 6.30. The minimum absolute atomic E-state index is 0.0965. The first-order valence-corrected chi connectivity index (χ1v) is 7.92. The topological polar surface area (TPSA) is 61.4 Å². The molecule has 1 unspecified atom stereocenters. The highest BCUT2D eigenvalue weighted by atomic mass is 35.5. The molecular formula is C16H22ClN3O2. The standard InChI is InChI=1S/C16H22ClN3O2/c1-11(2)20-10-14(9-15(20)21)19-16(22)18-7-6-12-4-3-5-13(17)8-12/h3-5,8,11,14H,6-7,9-10H2,1-2H3,(H2,18,19,22). The number of hydrogen-bond acceptors (Lipinski definition) is 2. The lowest BCUT2D eigenvalue weighted by Crippen LogP contribution is -2.44. The third-order valence-corrected chi connectivity index (χ3v) is 3.94. The fourth-order valence-corrected chi connectivity index (χ4v) is 2.79. The van der Waals surface area contributed by atoms with Gasteiger partial charge in [-0.1, -0.05) is 23.7 Å². The van der Waals surface area contributed by atoms with Crippen LogP contribution < -0.4 is 10.6 Å². The molecule has 1 aromatic rings. The molecular weight excluding hydrogens is 302 g/mol. The molecule has 0 saturated carbocycles. The van der Waals surface area contributed by atoms with Gasteiger partial charge in [-0.05, 0) is 38.0 Å². The normalized spacial score (nSPS) is 17.9. The van der Waals surface area contributed by atoms with Crippen LogP contribution in [0.4, 0.5) is 4.79 Å². The van der Waals surface area contributed by atoms with Crippen LogP contribution in [-0.2, 0) is 11.2 Å². The molecule has 6 heteroatoms. The molecule has 5 nitrogen and oxygen atoms in total. The quantitative estimate of drug-likeness (QED) is 0.872. The highest BCUT2D eigenvalue weighted by Crippen LogP contribution is 2.14. The van der Waals surface area contributed by atoms with E-state index in [-0.39, 0.29) is 24.0 Å². The summed E-state index contributed by atoms with van der Waals surface area (Å²) in [7, 11) is 0. The van der Waals surface area contributed by atoms with Crippen LogP contribution in [0, 0.1) is 0 Å². The summed E-state index contributed by atoms with van der Waals surface area (Å²) in [6.45, 7) is 5.07. The molecule has 1 aromatic carbocycles. The van der Waals surface area contributed by atoms with Crippen molar-refractivity contribution in [2.24, 2.45) is 0 Å². The number of carbonyl (C=O) groups is 2. The molecule has 0 aliphatic carbocycles. The zero-order chi connectivity index (χ0) is 16.1. The van der Waals surface area contributed by atoms with E-state index in [1.165, 1.54) is 0 Å². The predicted molar refractivity (Wildman–Crippen MR) is 86.9 cm³/mol. The molecule has 1 saturated heterocycles. The molecule has 22 heavy (non-hydrogen) atoms. The number of urea groups is 1. The molecule has 0 spiro atoms. The van der Waals surface area contributed by atoms with E-state index in [9.17, 15) is 9.59 Å². The summed E-state index contributed by atoms with van der Waals surface area (Å²) in [6, 6.07) is 7.40. The van der Waals surface area contributed by atoms with Crippen LogP contribution in [0.25, 0.3) is 0 Å². The molecule has 2 rings (SSSR count). The summed E-state index contributed by atoms with van der Waals surface area (Å²) in [5, 5.41) is 6.36. The van der Waals surface area contributed by atoms with Gasteiger partial charge in [-0.15, -0.1) is 0 Å². The number of likely N-dealkylation sites (tertiary alicyclic amines) is 1. The molecule has 0 radical (unpaired) electrons. The molecule has 1 aliphatic heterocycles. The van der Waals surface area contributed by atoms with Crippen LogP contribution in [0.3, 0.4) is 0 Å². The van der Waals surface area contributed by atoms with E-state index in [0.717, 1.165) is 12.0 Å². The summed E-state index contributed by atoms with van der Waals surface area (Å²) in [5.41, 5.74) is 1.08. The van der Waals surface area contributed by atoms with Gasteiger partial charge < -0.3 is 15.5 Å². The number of rotatable bonds is 5. The van der Waals surface area contributed by atoms with Crippen molar-refractivity contribution in [1.82, 2.24) is 15.5 Å². The Morgan fingerprint density at radius 2 is 2.23 bits per heavy atom. The van der Waals surface area contributed by atoms with Gasteiger partial charge in [0.15, 0.2) is 0 Å². The van der Waals surface area contributed by atoms with Gasteiger partial charge in [-0.25, -0.2) is 4.79 Å². The third kappa shape index (κ3) is 4.63. The van der Waals surface area contributed by atoms with Crippen molar-refractivity contribution in [3.8, 4) is 0 Å². The molecule has 1 atom stereocenters. The fourth-order valence-electron chi connectivity index (χ4n) is 2.58. The van der Waals surface area contributed by atoms with E-state index in [0.29, 0.717) is 24.5 Å².